The van der Waals surface area contributed by atoms with Crippen LogP contribution in [0.2, 0.25) is 0 Å². The molecule has 44 heavy (non-hydrogen) atoms. The highest BCUT2D eigenvalue weighted by atomic mass is 16.5. The standard InChI is InChI=1S/C33H42N6O5/c1-20-10-9-11-22(16-20)34-29-28-25(19-38(30(28)40)18-21-14-15-23(43-5)17-27(21)44-6)36-31(37-29)35-24-12-7-8-13-26(24)39(32(41)42)33(2,3)4/h9-11,14-17,24,26H,7-8,12-13,18-19H2,1-6H3,(H,41,42)(H2,34,35,36,37)/t24-,26+/m1/s1. The van der Waals surface area contributed by atoms with E-state index in [2.05, 4.69) is 10.6 Å². The van der Waals surface area contributed by atoms with Crippen molar-refractivity contribution < 1.29 is 24.2 Å². The van der Waals surface area contributed by atoms with Crippen LogP contribution in [0.15, 0.2) is 42.5 Å². The molecular formula is C33H42N6O5. The molecule has 3 N–H and O–H groups in total. The maximum absolute atomic E-state index is 13.9. The van der Waals surface area contributed by atoms with Crippen LogP contribution < -0.4 is 20.1 Å². The first-order valence-electron chi connectivity index (χ1n) is 15.0. The average molecular weight is 603 g/mol. The van der Waals surface area contributed by atoms with Gasteiger partial charge >= 0.3 is 6.09 Å². The summed E-state index contributed by atoms with van der Waals surface area (Å²) in [5.74, 6) is 1.90. The molecule has 2 aliphatic rings. The van der Waals surface area contributed by atoms with Crippen molar-refractivity contribution in [2.75, 3.05) is 24.9 Å². The minimum absolute atomic E-state index is 0.180. The lowest BCUT2D eigenvalue weighted by atomic mass is 9.87. The quantitative estimate of drug-likeness (QED) is 0.262. The highest BCUT2D eigenvalue weighted by molar-refractivity contribution is 6.03. The van der Waals surface area contributed by atoms with Crippen LogP contribution in [0, 0.1) is 6.92 Å². The summed E-state index contributed by atoms with van der Waals surface area (Å²) in [4.78, 5) is 39.2. The van der Waals surface area contributed by atoms with Gasteiger partial charge in [-0.25, -0.2) is 9.78 Å². The molecule has 1 fully saturated rings. The number of nitrogens with one attached hydrogen (secondary N) is 2. The van der Waals surface area contributed by atoms with Crippen molar-refractivity contribution in [3.05, 3.63) is 64.8 Å². The van der Waals surface area contributed by atoms with Crippen LogP contribution in [0.4, 0.5) is 22.2 Å². The number of carbonyl (C=O) groups excluding carboxylic acids is 1. The minimum Gasteiger partial charge on any atom is -0.497 e. The molecule has 1 aliphatic heterocycles. The van der Waals surface area contributed by atoms with Gasteiger partial charge in [0, 0.05) is 28.9 Å². The van der Waals surface area contributed by atoms with E-state index in [1.807, 2.05) is 64.1 Å². The number of ether oxygens (including phenoxy) is 2. The molecule has 1 saturated carbocycles. The molecule has 5 rings (SSSR count). The van der Waals surface area contributed by atoms with Gasteiger partial charge in [-0.1, -0.05) is 25.0 Å². The highest BCUT2D eigenvalue weighted by Crippen LogP contribution is 2.35. The molecule has 0 bridgehead atoms. The number of fused-ring (bicyclic) bond motifs is 1. The molecule has 1 aromatic heterocycles. The first kappa shape index (κ1) is 30.9. The van der Waals surface area contributed by atoms with Gasteiger partial charge in [-0.3, -0.25) is 9.69 Å². The molecule has 3 aromatic rings. The molecular weight excluding hydrogens is 560 g/mol. The van der Waals surface area contributed by atoms with E-state index in [9.17, 15) is 14.7 Å². The summed E-state index contributed by atoms with van der Waals surface area (Å²) in [6, 6.07) is 13.0. The van der Waals surface area contributed by atoms with Crippen molar-refractivity contribution in [2.45, 2.75) is 84.1 Å². The van der Waals surface area contributed by atoms with Crippen molar-refractivity contribution in [1.29, 1.82) is 0 Å². The van der Waals surface area contributed by atoms with Crippen molar-refractivity contribution in [1.82, 2.24) is 19.8 Å². The lowest BCUT2D eigenvalue weighted by Gasteiger charge is -2.45. The summed E-state index contributed by atoms with van der Waals surface area (Å²) in [6.07, 6.45) is 2.51. The van der Waals surface area contributed by atoms with E-state index in [0.29, 0.717) is 47.6 Å². The Morgan fingerprint density at radius 2 is 1.86 bits per heavy atom. The van der Waals surface area contributed by atoms with Crippen LogP contribution in [0.3, 0.4) is 0 Å². The van der Waals surface area contributed by atoms with Crippen LogP contribution >= 0.6 is 0 Å². The maximum Gasteiger partial charge on any atom is 0.408 e. The summed E-state index contributed by atoms with van der Waals surface area (Å²) in [6.45, 7) is 8.37. The van der Waals surface area contributed by atoms with Gasteiger partial charge in [-0.2, -0.15) is 4.98 Å². The SMILES string of the molecule is COc1ccc(CN2Cc3nc(N[C@@H]4CCCC[C@@H]4N(C(=O)O)C(C)(C)C)nc(Nc4cccc(C)c4)c3C2=O)c(OC)c1. The molecule has 234 valence electrons. The predicted octanol–water partition coefficient (Wildman–Crippen LogP) is 6.20. The number of carbonyl (C=O) groups is 2. The van der Waals surface area contributed by atoms with Gasteiger partial charge in [0.2, 0.25) is 5.95 Å². The number of anilines is 3. The molecule has 2 atom stereocenters. The molecule has 0 radical (unpaired) electrons. The molecule has 0 unspecified atom stereocenters. The molecule has 0 spiro atoms. The first-order valence-corrected chi connectivity index (χ1v) is 15.0. The number of carboxylic acid groups (broad SMARTS) is 1. The van der Waals surface area contributed by atoms with Crippen molar-refractivity contribution in [3.8, 4) is 11.5 Å². The second-order valence-electron chi connectivity index (χ2n) is 12.5. The zero-order valence-corrected chi connectivity index (χ0v) is 26.3. The Morgan fingerprint density at radius 3 is 2.55 bits per heavy atom. The number of aryl methyl sites for hydroxylation is 1. The van der Waals surface area contributed by atoms with Gasteiger partial charge in [-0.15, -0.1) is 0 Å². The number of amides is 2. The van der Waals surface area contributed by atoms with Crippen molar-refractivity contribution >= 4 is 29.5 Å². The number of nitrogens with zero attached hydrogens (tertiary/aromatic N) is 4. The Balaban J connectivity index is 1.49. The normalized spacial score (nSPS) is 18.0. The van der Waals surface area contributed by atoms with Crippen LogP contribution in [0.25, 0.3) is 0 Å². The Kier molecular flexibility index (Phi) is 8.85. The van der Waals surface area contributed by atoms with Gasteiger partial charge in [0.1, 0.15) is 22.9 Å². The van der Waals surface area contributed by atoms with E-state index in [-0.39, 0.29) is 18.0 Å². The molecule has 1 aliphatic carbocycles. The fourth-order valence-electron chi connectivity index (χ4n) is 6.27. The number of aromatic nitrogens is 2. The maximum atomic E-state index is 13.9. The summed E-state index contributed by atoms with van der Waals surface area (Å²) >= 11 is 0. The smallest absolute Gasteiger partial charge is 0.408 e. The second-order valence-corrected chi connectivity index (χ2v) is 12.5. The molecule has 11 nitrogen and oxygen atoms in total. The fraction of sp³-hybridized carbons (Fsp3) is 0.455. The summed E-state index contributed by atoms with van der Waals surface area (Å²) < 4.78 is 10.9. The largest absolute Gasteiger partial charge is 0.497 e. The van der Waals surface area contributed by atoms with Crippen LogP contribution in [-0.2, 0) is 13.1 Å². The van der Waals surface area contributed by atoms with Gasteiger partial charge in [0.05, 0.1) is 39.0 Å². The minimum atomic E-state index is -0.942. The Hall–Kier alpha value is -4.54. The predicted molar refractivity (Wildman–Crippen MR) is 169 cm³/mol. The Morgan fingerprint density at radius 1 is 1.09 bits per heavy atom. The van der Waals surface area contributed by atoms with Crippen molar-refractivity contribution in [3.63, 3.8) is 0 Å². The fourth-order valence-corrected chi connectivity index (χ4v) is 6.27. The zero-order valence-electron chi connectivity index (χ0n) is 26.3. The molecule has 2 aromatic carbocycles. The van der Waals surface area contributed by atoms with Crippen LogP contribution in [-0.4, -0.2) is 68.7 Å². The number of rotatable bonds is 9. The Labute approximate surface area is 258 Å². The third-order valence-corrected chi connectivity index (χ3v) is 8.27. The van der Waals surface area contributed by atoms with Crippen molar-refractivity contribution in [2.24, 2.45) is 0 Å². The third kappa shape index (κ3) is 6.51. The lowest BCUT2D eigenvalue weighted by molar-refractivity contribution is 0.0519. The van der Waals surface area contributed by atoms with E-state index in [0.717, 1.165) is 42.5 Å². The Bertz CT molecular complexity index is 1540. The average Bonchev–Trinajstić information content (AvgIpc) is 3.28. The topological polar surface area (TPSA) is 129 Å². The monoisotopic (exact) mass is 602 g/mol. The lowest BCUT2D eigenvalue weighted by Crippen LogP contribution is -2.58. The van der Waals surface area contributed by atoms with Gasteiger partial charge in [0.15, 0.2) is 0 Å². The molecule has 2 amide bonds. The number of benzene rings is 2. The van der Waals surface area contributed by atoms with Gasteiger partial charge < -0.3 is 30.1 Å². The molecule has 2 heterocycles. The second kappa shape index (κ2) is 12.6. The highest BCUT2D eigenvalue weighted by Gasteiger charge is 2.40. The van der Waals surface area contributed by atoms with Crippen LogP contribution in [0.1, 0.15) is 73.6 Å². The molecule has 11 heteroatoms. The van der Waals surface area contributed by atoms with E-state index in [1.165, 1.54) is 0 Å². The van der Waals surface area contributed by atoms with Gasteiger partial charge in [0.25, 0.3) is 5.91 Å². The van der Waals surface area contributed by atoms with Gasteiger partial charge in [-0.05, 0) is 70.4 Å². The summed E-state index contributed by atoms with van der Waals surface area (Å²) in [5.41, 5.74) is 3.18. The third-order valence-electron chi connectivity index (χ3n) is 8.27. The van der Waals surface area contributed by atoms with E-state index in [4.69, 9.17) is 19.4 Å². The van der Waals surface area contributed by atoms with E-state index >= 15 is 0 Å². The number of hydrogen-bond acceptors (Lipinski definition) is 8. The van der Waals surface area contributed by atoms with E-state index < -0.39 is 11.6 Å². The summed E-state index contributed by atoms with van der Waals surface area (Å²) in [5, 5.41) is 17.0. The molecule has 0 saturated heterocycles. The zero-order chi connectivity index (χ0) is 31.6. The summed E-state index contributed by atoms with van der Waals surface area (Å²) in [7, 11) is 3.19. The number of hydrogen-bond donors (Lipinski definition) is 3. The van der Waals surface area contributed by atoms with E-state index in [1.54, 1.807) is 30.1 Å². The first-order chi connectivity index (χ1) is 21.0. The van der Waals surface area contributed by atoms with Crippen LogP contribution in [0.5, 0.6) is 11.5 Å². The number of methoxy groups -OCH3 is 2.